The average Bonchev–Trinajstić information content (AvgIpc) is 1.72. The normalized spacial score (nSPS) is 12.6. The molecule has 0 atom stereocenters. The summed E-state index contributed by atoms with van der Waals surface area (Å²) in [6, 6.07) is 49.1. The molecule has 0 bridgehead atoms. The summed E-state index contributed by atoms with van der Waals surface area (Å²) in [5.74, 6) is -3.15. The van der Waals surface area contributed by atoms with E-state index in [4.69, 9.17) is 46.1 Å². The maximum Gasteiger partial charge on any atom is 0.341 e. The SMILES string of the molecule is CCOC(=O)c1c(-c2ccccc2)csc1N.CCOC(=O)c1c(-c2ccccc2)csc1NC(=O)c1cccc(C=O)c1.CCOC(=O)c1c(-c2ccccc2)csc1NC(=O)c1cccc(CN2CC(C(=O)O)C2)c1.O=C(Cl)c1cccc(C2OCCO2)c1.[HH]. The number of amides is 2. The van der Waals surface area contributed by atoms with Crippen molar-refractivity contribution in [3.05, 3.63) is 230 Å². The summed E-state index contributed by atoms with van der Waals surface area (Å²) in [5.41, 5.74) is 15.4. The number of nitrogens with two attached hydrogens (primary N) is 1. The molecule has 2 fully saturated rings. The van der Waals surface area contributed by atoms with Crippen LogP contribution in [0.1, 0.15) is 112 Å². The number of likely N-dealkylation sites (tertiary alicyclic amines) is 1. The van der Waals surface area contributed by atoms with E-state index in [9.17, 15) is 38.4 Å². The Hall–Kier alpha value is -9.45. The number of ether oxygens (including phenoxy) is 5. The quantitative estimate of drug-likeness (QED) is 0.0254. The van der Waals surface area contributed by atoms with Crippen molar-refractivity contribution < 1.29 is 68.6 Å². The number of nitrogens with zero attached hydrogens (tertiary/aromatic N) is 1. The van der Waals surface area contributed by atoms with E-state index in [2.05, 4.69) is 10.6 Å². The minimum absolute atomic E-state index is 0. The summed E-state index contributed by atoms with van der Waals surface area (Å²) >= 11 is 9.26. The van der Waals surface area contributed by atoms with E-state index in [1.165, 1.54) is 40.1 Å². The van der Waals surface area contributed by atoms with Crippen molar-refractivity contribution in [3.8, 4) is 33.4 Å². The van der Waals surface area contributed by atoms with Crippen molar-refractivity contribution in [2.45, 2.75) is 33.6 Å². The second kappa shape index (κ2) is 33.4. The van der Waals surface area contributed by atoms with Crippen LogP contribution in [-0.4, -0.2) is 103 Å². The Balaban J connectivity index is 0.000000182. The number of rotatable bonds is 19. The predicted molar refractivity (Wildman–Crippen MR) is 356 cm³/mol. The van der Waals surface area contributed by atoms with Crippen LogP contribution in [0.2, 0.25) is 0 Å². The molecule has 5 N–H and O–H groups in total. The summed E-state index contributed by atoms with van der Waals surface area (Å²) < 4.78 is 26.0. The molecule has 2 aliphatic rings. The Bertz CT molecular complexity index is 4000. The van der Waals surface area contributed by atoms with Crippen LogP contribution in [0.5, 0.6) is 0 Å². The molecule has 91 heavy (non-hydrogen) atoms. The van der Waals surface area contributed by atoms with E-state index >= 15 is 0 Å². The highest BCUT2D eigenvalue weighted by molar-refractivity contribution is 7.16. The van der Waals surface area contributed by atoms with Gasteiger partial charge in [0.05, 0.1) is 39.0 Å². The van der Waals surface area contributed by atoms with Crippen LogP contribution in [0.25, 0.3) is 33.4 Å². The molecule has 470 valence electrons. The van der Waals surface area contributed by atoms with E-state index in [-0.39, 0.29) is 38.7 Å². The number of hydrogen-bond donors (Lipinski definition) is 4. The highest BCUT2D eigenvalue weighted by Gasteiger charge is 2.32. The van der Waals surface area contributed by atoms with Crippen molar-refractivity contribution in [2.24, 2.45) is 5.92 Å². The van der Waals surface area contributed by atoms with Gasteiger partial charge in [0.2, 0.25) is 0 Å². The number of anilines is 3. The molecule has 0 saturated carbocycles. The van der Waals surface area contributed by atoms with Crippen LogP contribution in [0, 0.1) is 5.92 Å². The Labute approximate surface area is 543 Å². The van der Waals surface area contributed by atoms with Gasteiger partial charge in [0.1, 0.15) is 38.0 Å². The number of carboxylic acid groups (broad SMARTS) is 1. The molecule has 9 aromatic rings. The summed E-state index contributed by atoms with van der Waals surface area (Å²) in [7, 11) is 0. The molecule has 3 aromatic heterocycles. The van der Waals surface area contributed by atoms with Gasteiger partial charge in [0, 0.05) is 81.7 Å². The molecule has 5 heterocycles. The fourth-order valence-corrected chi connectivity index (χ4v) is 12.2. The van der Waals surface area contributed by atoms with E-state index in [1.807, 2.05) is 124 Å². The van der Waals surface area contributed by atoms with E-state index < -0.39 is 29.1 Å². The average molecular weight is 1310 g/mol. The lowest BCUT2D eigenvalue weighted by atomic mass is 9.99. The van der Waals surface area contributed by atoms with E-state index in [0.29, 0.717) is 111 Å². The number of thiophene rings is 3. The van der Waals surface area contributed by atoms with Gasteiger partial charge in [-0.3, -0.25) is 28.9 Å². The number of aliphatic carboxylic acids is 1. The van der Waals surface area contributed by atoms with Crippen molar-refractivity contribution in [3.63, 3.8) is 0 Å². The molecule has 18 nitrogen and oxygen atoms in total. The van der Waals surface area contributed by atoms with Crippen LogP contribution in [-0.2, 0) is 35.0 Å². The zero-order valence-corrected chi connectivity index (χ0v) is 52.8. The van der Waals surface area contributed by atoms with Gasteiger partial charge in [-0.15, -0.1) is 34.0 Å². The molecule has 0 unspecified atom stereocenters. The lowest BCUT2D eigenvalue weighted by Gasteiger charge is -2.36. The van der Waals surface area contributed by atoms with E-state index in [0.717, 1.165) is 33.4 Å². The summed E-state index contributed by atoms with van der Waals surface area (Å²) in [4.78, 5) is 97.5. The third kappa shape index (κ3) is 18.1. The maximum atomic E-state index is 13.0. The predicted octanol–water partition coefficient (Wildman–Crippen LogP) is 14.5. The van der Waals surface area contributed by atoms with Gasteiger partial charge in [-0.1, -0.05) is 133 Å². The molecule has 2 amide bonds. The fraction of sp³-hybridized carbons (Fsp3) is 0.188. The molecule has 0 radical (unpaired) electrons. The highest BCUT2D eigenvalue weighted by Crippen LogP contribution is 2.39. The Kier molecular flexibility index (Phi) is 24.8. The van der Waals surface area contributed by atoms with Crippen molar-refractivity contribution in [2.75, 3.05) is 62.5 Å². The monoisotopic (exact) mass is 1300 g/mol. The molecule has 2 saturated heterocycles. The first-order chi connectivity index (χ1) is 44.1. The second-order valence-electron chi connectivity index (χ2n) is 19.9. The summed E-state index contributed by atoms with van der Waals surface area (Å²) in [6.07, 6.45) is 0.324. The highest BCUT2D eigenvalue weighted by atomic mass is 35.5. The largest absolute Gasteiger partial charge is 0.481 e. The number of nitrogen functional groups attached to an aromatic ring is 1. The van der Waals surface area contributed by atoms with Gasteiger partial charge in [-0.2, -0.15) is 0 Å². The van der Waals surface area contributed by atoms with Crippen LogP contribution in [0.3, 0.4) is 0 Å². The number of halogens is 1. The lowest BCUT2D eigenvalue weighted by Crippen LogP contribution is -2.49. The molecule has 0 aliphatic carbocycles. The number of aldehydes is 1. The zero-order chi connectivity index (χ0) is 64.8. The second-order valence-corrected chi connectivity index (χ2v) is 22.9. The standard InChI is InChI=1S/C25H24N2O5S.C21H17NO4S.C13H13NO2S.C10H9ClO3.H2/c1-2-32-25(31)21-20(17-8-4-3-5-9-17)15-33-23(21)26-22(28)18-10-6-7-16(11-18)12-27-13-19(14-27)24(29)30;1-2-26-21(25)18-17(15-8-4-3-5-9-15)13-27-20(18)22-19(24)16-10-6-7-14(11-16)12-23;1-2-16-13(15)11-10(8-17-12(11)14)9-6-4-3-5-7-9;11-9(12)7-2-1-3-8(6-7)10-13-4-5-14-10;/h3-11,15,19H,2,12-14H2,1H3,(H,26,28)(H,29,30);3-13H,2H2,1H3,(H,22,24);3-8H,2,14H2,1H3;1-3,6,10H,4-5H2;1H. The number of nitrogens with one attached hydrogen (secondary N) is 2. The molecular formula is C69H65ClN4O14S3. The van der Waals surface area contributed by atoms with Crippen molar-refractivity contribution >= 4 is 108 Å². The molecule has 11 rings (SSSR count). The molecular weight excluding hydrogens is 1240 g/mol. The minimum atomic E-state index is -0.775. The van der Waals surface area contributed by atoms with Crippen molar-refractivity contribution in [1.29, 1.82) is 0 Å². The van der Waals surface area contributed by atoms with Crippen molar-refractivity contribution in [1.82, 2.24) is 4.90 Å². The van der Waals surface area contributed by atoms with Gasteiger partial charge in [-0.05, 0) is 85.0 Å². The number of benzene rings is 6. The Morgan fingerprint density at radius 2 is 1.02 bits per heavy atom. The van der Waals surface area contributed by atoms with Gasteiger partial charge in [-0.25, -0.2) is 14.4 Å². The maximum absolute atomic E-state index is 13.0. The number of carboxylic acids is 1. The van der Waals surface area contributed by atoms with Crippen LogP contribution in [0.4, 0.5) is 15.0 Å². The number of hydrogen-bond acceptors (Lipinski definition) is 18. The molecule has 2 aliphatic heterocycles. The Morgan fingerprint density at radius 3 is 1.49 bits per heavy atom. The van der Waals surface area contributed by atoms with Gasteiger partial charge in [0.15, 0.2) is 6.29 Å². The van der Waals surface area contributed by atoms with Crippen LogP contribution < -0.4 is 16.4 Å². The Morgan fingerprint density at radius 1 is 0.582 bits per heavy atom. The summed E-state index contributed by atoms with van der Waals surface area (Å²) in [5, 5.41) is 21.1. The van der Waals surface area contributed by atoms with E-state index in [1.54, 1.807) is 75.4 Å². The van der Waals surface area contributed by atoms with Gasteiger partial charge >= 0.3 is 23.9 Å². The first-order valence-corrected chi connectivity index (χ1v) is 31.6. The first kappa shape index (κ1) is 67.5. The topological polar surface area (TPSA) is 256 Å². The summed E-state index contributed by atoms with van der Waals surface area (Å²) in [6.45, 7) is 8.84. The number of esters is 3. The lowest BCUT2D eigenvalue weighted by molar-refractivity contribution is -0.147. The minimum Gasteiger partial charge on any atom is -0.481 e. The van der Waals surface area contributed by atoms with Gasteiger partial charge < -0.3 is 45.2 Å². The number of carbonyl (C=O) groups is 8. The molecule has 6 aromatic carbocycles. The third-order valence-electron chi connectivity index (χ3n) is 13.7. The zero-order valence-electron chi connectivity index (χ0n) is 49.6. The molecule has 22 heteroatoms. The van der Waals surface area contributed by atoms with Gasteiger partial charge in [0.25, 0.3) is 17.1 Å². The third-order valence-corrected chi connectivity index (χ3v) is 16.6. The smallest absolute Gasteiger partial charge is 0.341 e. The number of carbonyl (C=O) groups excluding carboxylic acids is 7. The fourth-order valence-electron chi connectivity index (χ4n) is 9.38. The van der Waals surface area contributed by atoms with Crippen LogP contribution >= 0.6 is 45.6 Å². The first-order valence-electron chi connectivity index (χ1n) is 28.6. The molecule has 0 spiro atoms. The van der Waals surface area contributed by atoms with Crippen LogP contribution in [0.15, 0.2) is 180 Å².